The number of carbonyl (C=O) groups excluding carboxylic acids is 2. The molecule has 2 aromatic rings. The van der Waals surface area contributed by atoms with Gasteiger partial charge in [0.2, 0.25) is 11.8 Å². The number of nitrogens with zero attached hydrogens (tertiary/aromatic N) is 1. The number of hydrogen-bond donors (Lipinski definition) is 1. The first-order valence-corrected chi connectivity index (χ1v) is 10.0. The molecule has 0 bridgehead atoms. The topological polar surface area (TPSA) is 58.6 Å². The minimum atomic E-state index is -0.371. The monoisotopic (exact) mass is 384 g/mol. The lowest BCUT2D eigenvalue weighted by molar-refractivity contribution is -0.121. The Morgan fingerprint density at radius 2 is 1.93 bits per heavy atom. The molecule has 0 saturated heterocycles. The minimum Gasteiger partial charge on any atom is -0.497 e. The molecule has 142 valence electrons. The van der Waals surface area contributed by atoms with Gasteiger partial charge in [0.15, 0.2) is 0 Å². The van der Waals surface area contributed by atoms with Crippen LogP contribution in [0.15, 0.2) is 53.4 Å². The van der Waals surface area contributed by atoms with Crippen molar-refractivity contribution >= 4 is 29.3 Å². The highest BCUT2D eigenvalue weighted by molar-refractivity contribution is 7.99. The average molecular weight is 385 g/mol. The standard InChI is InChI=1S/C21H24N2O3S/c1-15(24)22-18(16-8-10-17(26-2)11-9-16)14-21(25)23-12-5-13-27-20-7-4-3-6-19(20)23/h3-4,6-11,18H,5,12-14H2,1-2H3,(H,22,24). The van der Waals surface area contributed by atoms with Gasteiger partial charge in [-0.05, 0) is 42.0 Å². The zero-order valence-electron chi connectivity index (χ0n) is 15.6. The number of nitrogens with one attached hydrogen (secondary N) is 1. The first-order chi connectivity index (χ1) is 13.1. The average Bonchev–Trinajstić information content (AvgIpc) is 2.90. The Hall–Kier alpha value is -2.47. The van der Waals surface area contributed by atoms with Crippen molar-refractivity contribution < 1.29 is 14.3 Å². The molecule has 6 heteroatoms. The van der Waals surface area contributed by atoms with E-state index in [0.717, 1.165) is 34.1 Å². The van der Waals surface area contributed by atoms with Crippen molar-refractivity contribution in [1.82, 2.24) is 5.32 Å². The second-order valence-electron chi connectivity index (χ2n) is 6.45. The van der Waals surface area contributed by atoms with Gasteiger partial charge in [-0.1, -0.05) is 24.3 Å². The Balaban J connectivity index is 1.82. The summed E-state index contributed by atoms with van der Waals surface area (Å²) in [6.07, 6.45) is 1.16. The molecule has 0 aliphatic carbocycles. The van der Waals surface area contributed by atoms with Crippen molar-refractivity contribution in [3.63, 3.8) is 0 Å². The molecule has 2 aromatic carbocycles. The summed E-state index contributed by atoms with van der Waals surface area (Å²) < 4.78 is 5.19. The number of thioether (sulfide) groups is 1. The van der Waals surface area contributed by atoms with E-state index < -0.39 is 0 Å². The fourth-order valence-corrected chi connectivity index (χ4v) is 4.20. The Labute approximate surface area is 164 Å². The number of benzene rings is 2. The third-order valence-electron chi connectivity index (χ3n) is 4.52. The molecular formula is C21H24N2O3S. The van der Waals surface area contributed by atoms with Crippen LogP contribution in [0.3, 0.4) is 0 Å². The largest absolute Gasteiger partial charge is 0.497 e. The predicted octanol–water partition coefficient (Wildman–Crippen LogP) is 3.79. The first kappa shape index (κ1) is 19.3. The highest BCUT2D eigenvalue weighted by Crippen LogP contribution is 2.34. The summed E-state index contributed by atoms with van der Waals surface area (Å²) in [6, 6.07) is 15.1. The van der Waals surface area contributed by atoms with Gasteiger partial charge in [-0.15, -0.1) is 11.8 Å². The molecule has 1 aliphatic heterocycles. The maximum Gasteiger partial charge on any atom is 0.229 e. The van der Waals surface area contributed by atoms with Crippen molar-refractivity contribution in [2.24, 2.45) is 0 Å². The summed E-state index contributed by atoms with van der Waals surface area (Å²) >= 11 is 1.78. The fourth-order valence-electron chi connectivity index (χ4n) is 3.21. The number of amides is 2. The van der Waals surface area contributed by atoms with E-state index in [1.807, 2.05) is 47.4 Å². The maximum atomic E-state index is 13.1. The highest BCUT2D eigenvalue weighted by Gasteiger charge is 2.25. The summed E-state index contributed by atoms with van der Waals surface area (Å²) in [7, 11) is 1.61. The molecule has 1 heterocycles. The summed E-state index contributed by atoms with van der Waals surface area (Å²) in [5.41, 5.74) is 1.85. The molecule has 2 amide bonds. The van der Waals surface area contributed by atoms with Crippen LogP contribution in [0.5, 0.6) is 5.75 Å². The second-order valence-corrected chi connectivity index (χ2v) is 7.58. The van der Waals surface area contributed by atoms with E-state index in [-0.39, 0.29) is 24.3 Å². The molecule has 0 radical (unpaired) electrons. The summed E-state index contributed by atoms with van der Waals surface area (Å²) in [6.45, 7) is 2.16. The molecule has 0 saturated carbocycles. The van der Waals surface area contributed by atoms with Gasteiger partial charge in [0.25, 0.3) is 0 Å². The van der Waals surface area contributed by atoms with Gasteiger partial charge in [0, 0.05) is 18.4 Å². The third-order valence-corrected chi connectivity index (χ3v) is 5.66. The van der Waals surface area contributed by atoms with E-state index >= 15 is 0 Å². The molecule has 0 fully saturated rings. The van der Waals surface area contributed by atoms with Gasteiger partial charge in [-0.2, -0.15) is 0 Å². The molecule has 1 atom stereocenters. The predicted molar refractivity (Wildman–Crippen MR) is 108 cm³/mol. The normalized spacial score (nSPS) is 14.7. The lowest BCUT2D eigenvalue weighted by Gasteiger charge is -2.26. The van der Waals surface area contributed by atoms with E-state index in [2.05, 4.69) is 11.4 Å². The Kier molecular flexibility index (Phi) is 6.40. The van der Waals surface area contributed by atoms with Gasteiger partial charge >= 0.3 is 0 Å². The number of para-hydroxylation sites is 1. The SMILES string of the molecule is COc1ccc(C(CC(=O)N2CCCSc3ccccc32)NC(C)=O)cc1. The number of hydrogen-bond acceptors (Lipinski definition) is 4. The van der Waals surface area contributed by atoms with Crippen LogP contribution >= 0.6 is 11.8 Å². The molecule has 3 rings (SSSR count). The van der Waals surface area contributed by atoms with Crippen LogP contribution in [0, 0.1) is 0 Å². The third kappa shape index (κ3) is 4.83. The van der Waals surface area contributed by atoms with Gasteiger partial charge < -0.3 is 15.0 Å². The summed E-state index contributed by atoms with van der Waals surface area (Å²) in [4.78, 5) is 27.8. The van der Waals surface area contributed by atoms with Crippen molar-refractivity contribution in [1.29, 1.82) is 0 Å². The van der Waals surface area contributed by atoms with E-state index in [4.69, 9.17) is 4.74 Å². The van der Waals surface area contributed by atoms with Gasteiger partial charge in [0.1, 0.15) is 5.75 Å². The second kappa shape index (κ2) is 8.95. The van der Waals surface area contributed by atoms with Gasteiger partial charge in [-0.25, -0.2) is 0 Å². The van der Waals surface area contributed by atoms with Crippen LogP contribution < -0.4 is 15.0 Å². The zero-order chi connectivity index (χ0) is 19.2. The van der Waals surface area contributed by atoms with E-state index in [9.17, 15) is 9.59 Å². The summed E-state index contributed by atoms with van der Waals surface area (Å²) in [5, 5.41) is 2.91. The molecule has 1 unspecified atom stereocenters. The fraction of sp³-hybridized carbons (Fsp3) is 0.333. The number of methoxy groups -OCH3 is 1. The number of anilines is 1. The van der Waals surface area contributed by atoms with E-state index in [1.54, 1.807) is 18.9 Å². The summed E-state index contributed by atoms with van der Waals surface area (Å²) in [5.74, 6) is 1.59. The maximum absolute atomic E-state index is 13.1. The smallest absolute Gasteiger partial charge is 0.229 e. The molecule has 1 N–H and O–H groups in total. The zero-order valence-corrected chi connectivity index (χ0v) is 16.4. The molecule has 0 spiro atoms. The van der Waals surface area contributed by atoms with Crippen LogP contribution in [0.25, 0.3) is 0 Å². The highest BCUT2D eigenvalue weighted by atomic mass is 32.2. The van der Waals surface area contributed by atoms with Crippen LogP contribution in [0.2, 0.25) is 0 Å². The van der Waals surface area contributed by atoms with E-state index in [0.29, 0.717) is 6.54 Å². The van der Waals surface area contributed by atoms with Crippen molar-refractivity contribution in [2.45, 2.75) is 30.7 Å². The van der Waals surface area contributed by atoms with Crippen molar-refractivity contribution in [2.75, 3.05) is 24.3 Å². The Morgan fingerprint density at radius 1 is 1.19 bits per heavy atom. The van der Waals surface area contributed by atoms with Crippen LogP contribution in [-0.2, 0) is 9.59 Å². The van der Waals surface area contributed by atoms with Crippen LogP contribution in [0.4, 0.5) is 5.69 Å². The Bertz CT molecular complexity index is 807. The molecule has 27 heavy (non-hydrogen) atoms. The van der Waals surface area contributed by atoms with Crippen molar-refractivity contribution in [3.05, 3.63) is 54.1 Å². The number of fused-ring (bicyclic) bond motifs is 1. The number of ether oxygens (including phenoxy) is 1. The van der Waals surface area contributed by atoms with Crippen LogP contribution in [0.1, 0.15) is 31.4 Å². The lowest BCUT2D eigenvalue weighted by atomic mass is 10.0. The molecular weight excluding hydrogens is 360 g/mol. The minimum absolute atomic E-state index is 0.0134. The van der Waals surface area contributed by atoms with E-state index in [1.165, 1.54) is 6.92 Å². The van der Waals surface area contributed by atoms with Crippen molar-refractivity contribution in [3.8, 4) is 5.75 Å². The van der Waals surface area contributed by atoms with Crippen LogP contribution in [-0.4, -0.2) is 31.2 Å². The van der Waals surface area contributed by atoms with Gasteiger partial charge in [0.05, 0.1) is 25.3 Å². The molecule has 1 aliphatic rings. The molecule has 0 aromatic heterocycles. The number of carbonyl (C=O) groups is 2. The molecule has 5 nitrogen and oxygen atoms in total. The first-order valence-electron chi connectivity index (χ1n) is 9.01. The lowest BCUT2D eigenvalue weighted by Crippen LogP contribution is -2.36. The Morgan fingerprint density at radius 3 is 2.63 bits per heavy atom. The quantitative estimate of drug-likeness (QED) is 0.852. The van der Waals surface area contributed by atoms with Gasteiger partial charge in [-0.3, -0.25) is 9.59 Å². The number of rotatable bonds is 5.